The smallest absolute Gasteiger partial charge is 0.287 e. The molecule has 0 unspecified atom stereocenters. The van der Waals surface area contributed by atoms with Crippen molar-refractivity contribution in [3.63, 3.8) is 0 Å². The molecule has 4 heteroatoms. The minimum absolute atomic E-state index is 0.188. The Morgan fingerprint density at radius 1 is 1.13 bits per heavy atom. The van der Waals surface area contributed by atoms with Crippen LogP contribution in [0.25, 0.3) is 11.0 Å². The van der Waals surface area contributed by atoms with E-state index in [-0.39, 0.29) is 5.91 Å². The number of carbonyl (C=O) groups is 1. The highest BCUT2D eigenvalue weighted by Gasteiger charge is 2.11. The van der Waals surface area contributed by atoms with E-state index in [1.807, 2.05) is 49.4 Å². The summed E-state index contributed by atoms with van der Waals surface area (Å²) in [4.78, 5) is 12.2. The zero-order chi connectivity index (χ0) is 16.2. The summed E-state index contributed by atoms with van der Waals surface area (Å²) in [6.07, 6.45) is 0.759. The first kappa shape index (κ1) is 15.2. The van der Waals surface area contributed by atoms with Gasteiger partial charge in [0.25, 0.3) is 5.91 Å². The molecule has 118 valence electrons. The fourth-order valence-corrected chi connectivity index (χ4v) is 2.45. The maximum Gasteiger partial charge on any atom is 0.287 e. The van der Waals surface area contributed by atoms with E-state index in [2.05, 4.69) is 5.32 Å². The van der Waals surface area contributed by atoms with Crippen molar-refractivity contribution in [1.29, 1.82) is 0 Å². The van der Waals surface area contributed by atoms with Crippen LogP contribution in [-0.4, -0.2) is 19.6 Å². The number of hydrogen-bond acceptors (Lipinski definition) is 3. The number of furan rings is 1. The molecular formula is C19H19NO3. The summed E-state index contributed by atoms with van der Waals surface area (Å²) in [7, 11) is 1.64. The van der Waals surface area contributed by atoms with Crippen LogP contribution in [0, 0.1) is 6.92 Å². The minimum Gasteiger partial charge on any atom is -0.497 e. The van der Waals surface area contributed by atoms with Gasteiger partial charge in [-0.25, -0.2) is 0 Å². The first-order valence-corrected chi connectivity index (χ1v) is 7.57. The lowest BCUT2D eigenvalue weighted by molar-refractivity contribution is 0.0928. The van der Waals surface area contributed by atoms with Gasteiger partial charge in [0.05, 0.1) is 7.11 Å². The first-order valence-electron chi connectivity index (χ1n) is 7.57. The van der Waals surface area contributed by atoms with Crippen molar-refractivity contribution in [2.24, 2.45) is 0 Å². The number of hydrogen-bond donors (Lipinski definition) is 1. The zero-order valence-electron chi connectivity index (χ0n) is 13.3. The molecule has 0 saturated heterocycles. The van der Waals surface area contributed by atoms with E-state index in [4.69, 9.17) is 9.15 Å². The van der Waals surface area contributed by atoms with Gasteiger partial charge in [-0.1, -0.05) is 24.3 Å². The van der Waals surface area contributed by atoms with Crippen LogP contribution in [0.5, 0.6) is 5.75 Å². The number of nitrogens with one attached hydrogen (secondary N) is 1. The predicted octanol–water partition coefficient (Wildman–Crippen LogP) is 3.72. The molecule has 0 bridgehead atoms. The van der Waals surface area contributed by atoms with Crippen molar-refractivity contribution in [1.82, 2.24) is 5.32 Å². The standard InChI is InChI=1S/C19H19NO3/c1-13-3-6-15-12-18(23-17(15)11-13)19(21)20-10-9-14-4-7-16(22-2)8-5-14/h3-8,11-12H,9-10H2,1-2H3,(H,20,21). The van der Waals surface area contributed by atoms with Gasteiger partial charge < -0.3 is 14.5 Å². The molecule has 1 heterocycles. The Balaban J connectivity index is 1.59. The summed E-state index contributed by atoms with van der Waals surface area (Å²) in [6.45, 7) is 2.55. The van der Waals surface area contributed by atoms with Crippen molar-refractivity contribution in [3.8, 4) is 5.75 Å². The van der Waals surface area contributed by atoms with Crippen molar-refractivity contribution < 1.29 is 13.9 Å². The van der Waals surface area contributed by atoms with Crippen LogP contribution in [0.3, 0.4) is 0 Å². The molecule has 3 aromatic rings. The molecule has 1 amide bonds. The van der Waals surface area contributed by atoms with Crippen LogP contribution in [0.15, 0.2) is 52.9 Å². The highest BCUT2D eigenvalue weighted by atomic mass is 16.5. The van der Waals surface area contributed by atoms with Gasteiger partial charge in [0.2, 0.25) is 0 Å². The molecule has 0 atom stereocenters. The number of amides is 1. The normalized spacial score (nSPS) is 10.7. The Morgan fingerprint density at radius 2 is 1.91 bits per heavy atom. The number of carbonyl (C=O) groups excluding carboxylic acids is 1. The SMILES string of the molecule is COc1ccc(CCNC(=O)c2cc3ccc(C)cc3o2)cc1. The summed E-state index contributed by atoms with van der Waals surface area (Å²) in [5, 5.41) is 3.83. The molecule has 1 aromatic heterocycles. The van der Waals surface area contributed by atoms with Crippen molar-refractivity contribution >= 4 is 16.9 Å². The van der Waals surface area contributed by atoms with Crippen LogP contribution >= 0.6 is 0 Å². The van der Waals surface area contributed by atoms with E-state index in [1.54, 1.807) is 13.2 Å². The van der Waals surface area contributed by atoms with Crippen molar-refractivity contribution in [2.45, 2.75) is 13.3 Å². The monoisotopic (exact) mass is 309 g/mol. The Labute approximate surface area is 135 Å². The second-order valence-electron chi connectivity index (χ2n) is 5.51. The fraction of sp³-hybridized carbons (Fsp3) is 0.211. The van der Waals surface area contributed by atoms with Gasteiger partial charge in [0, 0.05) is 11.9 Å². The van der Waals surface area contributed by atoms with E-state index in [9.17, 15) is 4.79 Å². The van der Waals surface area contributed by atoms with E-state index in [1.165, 1.54) is 0 Å². The lowest BCUT2D eigenvalue weighted by Crippen LogP contribution is -2.25. The first-order chi connectivity index (χ1) is 11.2. The van der Waals surface area contributed by atoms with Crippen molar-refractivity contribution in [3.05, 3.63) is 65.4 Å². The van der Waals surface area contributed by atoms with Gasteiger partial charge in [-0.2, -0.15) is 0 Å². The maximum atomic E-state index is 12.2. The Morgan fingerprint density at radius 3 is 2.65 bits per heavy atom. The van der Waals surface area contributed by atoms with E-state index >= 15 is 0 Å². The number of methoxy groups -OCH3 is 1. The Hall–Kier alpha value is -2.75. The topological polar surface area (TPSA) is 51.5 Å². The summed E-state index contributed by atoms with van der Waals surface area (Å²) in [5.41, 5.74) is 3.00. The van der Waals surface area contributed by atoms with Gasteiger partial charge in [0.15, 0.2) is 5.76 Å². The molecule has 0 aliphatic carbocycles. The fourth-order valence-electron chi connectivity index (χ4n) is 2.45. The highest BCUT2D eigenvalue weighted by molar-refractivity contribution is 5.96. The summed E-state index contributed by atoms with van der Waals surface area (Å²) in [5.74, 6) is 0.989. The quantitative estimate of drug-likeness (QED) is 0.781. The molecule has 0 aliphatic rings. The summed E-state index contributed by atoms with van der Waals surface area (Å²) >= 11 is 0. The summed E-state index contributed by atoms with van der Waals surface area (Å²) in [6, 6.07) is 15.5. The summed E-state index contributed by atoms with van der Waals surface area (Å²) < 4.78 is 10.7. The molecule has 0 saturated carbocycles. The molecule has 4 nitrogen and oxygen atoms in total. The van der Waals surface area contributed by atoms with Gasteiger partial charge in [-0.05, 0) is 48.7 Å². The second-order valence-corrected chi connectivity index (χ2v) is 5.51. The third-order valence-electron chi connectivity index (χ3n) is 3.76. The molecule has 0 radical (unpaired) electrons. The van der Waals surface area contributed by atoms with Gasteiger partial charge >= 0.3 is 0 Å². The molecular weight excluding hydrogens is 290 g/mol. The second kappa shape index (κ2) is 6.57. The van der Waals surface area contributed by atoms with E-state index < -0.39 is 0 Å². The Bertz CT molecular complexity index is 818. The van der Waals surface area contributed by atoms with Crippen LogP contribution in [0.1, 0.15) is 21.7 Å². The molecule has 0 fully saturated rings. The molecule has 0 spiro atoms. The van der Waals surface area contributed by atoms with Gasteiger partial charge in [-0.3, -0.25) is 4.79 Å². The lowest BCUT2D eigenvalue weighted by atomic mass is 10.1. The number of rotatable bonds is 5. The number of benzene rings is 2. The maximum absolute atomic E-state index is 12.2. The minimum atomic E-state index is -0.188. The zero-order valence-corrected chi connectivity index (χ0v) is 13.3. The molecule has 1 N–H and O–H groups in total. The molecule has 23 heavy (non-hydrogen) atoms. The van der Waals surface area contributed by atoms with E-state index in [0.717, 1.165) is 34.3 Å². The number of aryl methyl sites for hydroxylation is 1. The Kier molecular flexibility index (Phi) is 4.33. The van der Waals surface area contributed by atoms with E-state index in [0.29, 0.717) is 12.3 Å². The van der Waals surface area contributed by atoms with Crippen LogP contribution in [-0.2, 0) is 6.42 Å². The average molecular weight is 309 g/mol. The predicted molar refractivity (Wildman–Crippen MR) is 90.0 cm³/mol. The van der Waals surface area contributed by atoms with Gasteiger partial charge in [-0.15, -0.1) is 0 Å². The lowest BCUT2D eigenvalue weighted by Gasteiger charge is -2.04. The molecule has 3 rings (SSSR count). The highest BCUT2D eigenvalue weighted by Crippen LogP contribution is 2.20. The van der Waals surface area contributed by atoms with Crippen molar-refractivity contribution in [2.75, 3.05) is 13.7 Å². The molecule has 0 aliphatic heterocycles. The molecule has 2 aromatic carbocycles. The largest absolute Gasteiger partial charge is 0.497 e. The third-order valence-corrected chi connectivity index (χ3v) is 3.76. The van der Waals surface area contributed by atoms with Crippen LogP contribution in [0.4, 0.5) is 0 Å². The number of fused-ring (bicyclic) bond motifs is 1. The number of ether oxygens (including phenoxy) is 1. The van der Waals surface area contributed by atoms with Crippen LogP contribution in [0.2, 0.25) is 0 Å². The van der Waals surface area contributed by atoms with Crippen LogP contribution < -0.4 is 10.1 Å². The van der Waals surface area contributed by atoms with Gasteiger partial charge in [0.1, 0.15) is 11.3 Å². The third kappa shape index (κ3) is 3.54. The average Bonchev–Trinajstić information content (AvgIpc) is 2.98.